The third-order valence-corrected chi connectivity index (χ3v) is 1.09. The van der Waals surface area contributed by atoms with Gasteiger partial charge in [-0.2, -0.15) is 8.42 Å². The highest BCUT2D eigenvalue weighted by Crippen LogP contribution is 1.74. The van der Waals surface area contributed by atoms with Crippen molar-refractivity contribution >= 4 is 10.1 Å². The molecule has 0 unspecified atom stereocenters. The average Bonchev–Trinajstić information content (AvgIpc) is 1.35. The molecule has 0 aliphatic heterocycles. The molecule has 0 fully saturated rings. The first-order valence-electron chi connectivity index (χ1n) is 1.51. The van der Waals surface area contributed by atoms with Crippen LogP contribution in [0.15, 0.2) is 0 Å². The molecule has 0 spiro atoms. The normalized spacial score (nSPS) is 10.0. The molecule has 0 rings (SSSR count). The summed E-state index contributed by atoms with van der Waals surface area (Å²) >= 11 is 0. The Balaban J connectivity index is 0. The maximum absolute atomic E-state index is 9.56. The van der Waals surface area contributed by atoms with Gasteiger partial charge < -0.3 is 6.15 Å². The molecular formula is C2H9NO3S. The molecule has 0 aliphatic rings. The van der Waals surface area contributed by atoms with E-state index in [1.165, 1.54) is 6.92 Å². The highest BCUT2D eigenvalue weighted by atomic mass is 32.2. The lowest BCUT2D eigenvalue weighted by molar-refractivity contribution is 0.484. The Hall–Kier alpha value is -0.130. The van der Waals surface area contributed by atoms with E-state index in [4.69, 9.17) is 4.55 Å². The summed E-state index contributed by atoms with van der Waals surface area (Å²) in [6.07, 6.45) is 0. The van der Waals surface area contributed by atoms with Crippen LogP contribution in [0.3, 0.4) is 0 Å². The SMILES string of the molecule is CCS(=O)(=O)O.N. The minimum Gasteiger partial charge on any atom is -0.344 e. The molecule has 7 heavy (non-hydrogen) atoms. The molecule has 0 radical (unpaired) electrons. The van der Waals surface area contributed by atoms with E-state index in [1.807, 2.05) is 0 Å². The van der Waals surface area contributed by atoms with E-state index < -0.39 is 10.1 Å². The Morgan fingerprint density at radius 1 is 1.57 bits per heavy atom. The van der Waals surface area contributed by atoms with E-state index in [-0.39, 0.29) is 11.9 Å². The second kappa shape index (κ2) is 2.95. The lowest BCUT2D eigenvalue weighted by Gasteiger charge is -1.79. The highest BCUT2D eigenvalue weighted by Gasteiger charge is 1.93. The van der Waals surface area contributed by atoms with Crippen LogP contribution in [0.25, 0.3) is 0 Å². The van der Waals surface area contributed by atoms with E-state index in [9.17, 15) is 8.42 Å². The van der Waals surface area contributed by atoms with E-state index in [2.05, 4.69) is 0 Å². The zero-order valence-electron chi connectivity index (χ0n) is 4.09. The molecule has 0 aliphatic carbocycles. The fourth-order valence-electron chi connectivity index (χ4n) is 0. The van der Waals surface area contributed by atoms with Crippen LogP contribution in [0.2, 0.25) is 0 Å². The van der Waals surface area contributed by atoms with Gasteiger partial charge in [0.15, 0.2) is 0 Å². The second-order valence-corrected chi connectivity index (χ2v) is 2.61. The van der Waals surface area contributed by atoms with E-state index in [0.717, 1.165) is 0 Å². The average molecular weight is 127 g/mol. The highest BCUT2D eigenvalue weighted by molar-refractivity contribution is 7.85. The Morgan fingerprint density at radius 3 is 1.71 bits per heavy atom. The van der Waals surface area contributed by atoms with Crippen molar-refractivity contribution in [1.82, 2.24) is 6.15 Å². The Labute approximate surface area is 42.9 Å². The molecule has 0 heterocycles. The maximum Gasteiger partial charge on any atom is 0.264 e. The molecule has 0 aromatic carbocycles. The van der Waals surface area contributed by atoms with Crippen molar-refractivity contribution in [3.05, 3.63) is 0 Å². The zero-order chi connectivity index (χ0) is 5.21. The third-order valence-electron chi connectivity index (χ3n) is 0.365. The van der Waals surface area contributed by atoms with Crippen molar-refractivity contribution in [3.8, 4) is 0 Å². The van der Waals surface area contributed by atoms with E-state index in [1.54, 1.807) is 0 Å². The monoisotopic (exact) mass is 127 g/mol. The van der Waals surface area contributed by atoms with Gasteiger partial charge in [0.2, 0.25) is 0 Å². The first-order valence-corrected chi connectivity index (χ1v) is 3.12. The van der Waals surface area contributed by atoms with Crippen molar-refractivity contribution in [2.45, 2.75) is 6.92 Å². The molecule has 0 saturated heterocycles. The Morgan fingerprint density at radius 2 is 1.71 bits per heavy atom. The molecule has 0 saturated carbocycles. The second-order valence-electron chi connectivity index (χ2n) is 0.871. The van der Waals surface area contributed by atoms with E-state index >= 15 is 0 Å². The van der Waals surface area contributed by atoms with Crippen molar-refractivity contribution in [1.29, 1.82) is 0 Å². The van der Waals surface area contributed by atoms with Crippen LogP contribution in [-0.2, 0) is 10.1 Å². The molecule has 0 aromatic heterocycles. The lowest BCUT2D eigenvalue weighted by atomic mass is 11.0. The van der Waals surface area contributed by atoms with Gasteiger partial charge in [0.05, 0.1) is 5.75 Å². The predicted octanol–water partition coefficient (Wildman–Crippen LogP) is 0.0561. The summed E-state index contributed by atoms with van der Waals surface area (Å²) in [5, 5.41) is 0. The summed E-state index contributed by atoms with van der Waals surface area (Å²) in [7, 11) is -3.66. The number of hydrogen-bond acceptors (Lipinski definition) is 3. The first kappa shape index (κ1) is 9.98. The lowest BCUT2D eigenvalue weighted by Crippen LogP contribution is -1.97. The van der Waals surface area contributed by atoms with E-state index in [0.29, 0.717) is 0 Å². The van der Waals surface area contributed by atoms with Gasteiger partial charge >= 0.3 is 0 Å². The van der Waals surface area contributed by atoms with Gasteiger partial charge in [0.25, 0.3) is 10.1 Å². The van der Waals surface area contributed by atoms with Gasteiger partial charge in [-0.15, -0.1) is 0 Å². The summed E-state index contributed by atoms with van der Waals surface area (Å²) in [6.45, 7) is 1.37. The van der Waals surface area contributed by atoms with Crippen LogP contribution in [0.1, 0.15) is 6.92 Å². The largest absolute Gasteiger partial charge is 0.344 e. The topological polar surface area (TPSA) is 89.4 Å². The van der Waals surface area contributed by atoms with Crippen LogP contribution in [0.4, 0.5) is 0 Å². The number of rotatable bonds is 1. The summed E-state index contributed by atoms with van der Waals surface area (Å²) in [5.74, 6) is -0.201. The smallest absolute Gasteiger partial charge is 0.264 e. The molecule has 0 atom stereocenters. The minimum absolute atomic E-state index is 0. The van der Waals surface area contributed by atoms with Crippen LogP contribution >= 0.6 is 0 Å². The van der Waals surface area contributed by atoms with Gasteiger partial charge in [-0.1, -0.05) is 0 Å². The minimum atomic E-state index is -3.66. The van der Waals surface area contributed by atoms with Crippen molar-refractivity contribution < 1.29 is 13.0 Å². The predicted molar refractivity (Wildman–Crippen MR) is 27.1 cm³/mol. The Kier molecular flexibility index (Phi) is 4.21. The Bertz CT molecular complexity index is 115. The molecule has 0 bridgehead atoms. The van der Waals surface area contributed by atoms with Gasteiger partial charge in [-0.25, -0.2) is 0 Å². The summed E-state index contributed by atoms with van der Waals surface area (Å²) < 4.78 is 26.9. The van der Waals surface area contributed by atoms with Gasteiger partial charge in [0, 0.05) is 0 Å². The van der Waals surface area contributed by atoms with Crippen LogP contribution in [0.5, 0.6) is 0 Å². The maximum atomic E-state index is 9.56. The molecule has 0 aromatic rings. The van der Waals surface area contributed by atoms with Crippen LogP contribution < -0.4 is 6.15 Å². The molecule has 46 valence electrons. The van der Waals surface area contributed by atoms with Gasteiger partial charge in [0.1, 0.15) is 0 Å². The summed E-state index contributed by atoms with van der Waals surface area (Å²) in [4.78, 5) is 0. The van der Waals surface area contributed by atoms with Crippen LogP contribution in [0, 0.1) is 0 Å². The van der Waals surface area contributed by atoms with Crippen molar-refractivity contribution in [2.75, 3.05) is 5.75 Å². The molecule has 4 nitrogen and oxygen atoms in total. The summed E-state index contributed by atoms with van der Waals surface area (Å²) in [6, 6.07) is 0. The van der Waals surface area contributed by atoms with Gasteiger partial charge in [-0.3, -0.25) is 4.55 Å². The standard InChI is InChI=1S/C2H6O3S.H3N/c1-2-6(3,4)5;/h2H2,1H3,(H,3,4,5);1H3. The first-order chi connectivity index (χ1) is 2.56. The molecule has 0 amide bonds. The van der Waals surface area contributed by atoms with Crippen LogP contribution in [-0.4, -0.2) is 18.7 Å². The zero-order valence-corrected chi connectivity index (χ0v) is 4.90. The summed E-state index contributed by atoms with van der Waals surface area (Å²) in [5.41, 5.74) is 0. The van der Waals surface area contributed by atoms with Crippen molar-refractivity contribution in [3.63, 3.8) is 0 Å². The molecule has 4 N–H and O–H groups in total. The van der Waals surface area contributed by atoms with Gasteiger partial charge in [-0.05, 0) is 6.92 Å². The number of hydrogen-bond donors (Lipinski definition) is 2. The fraction of sp³-hybridized carbons (Fsp3) is 1.00. The quantitative estimate of drug-likeness (QED) is 0.487. The third kappa shape index (κ3) is 10.7. The molecule has 5 heteroatoms. The fourth-order valence-corrected chi connectivity index (χ4v) is 0. The van der Waals surface area contributed by atoms with Crippen molar-refractivity contribution in [2.24, 2.45) is 0 Å². The molecular weight excluding hydrogens is 118 g/mol.